The maximum atomic E-state index is 13.2. The van der Waals surface area contributed by atoms with Crippen molar-refractivity contribution in [2.45, 2.75) is 6.92 Å². The Labute approximate surface area is 103 Å². The van der Waals surface area contributed by atoms with Gasteiger partial charge in [0.05, 0.1) is 11.9 Å². The fourth-order valence-corrected chi connectivity index (χ4v) is 1.93. The predicted octanol–water partition coefficient (Wildman–Crippen LogP) is 2.43. The molecule has 0 amide bonds. The third-order valence-corrected chi connectivity index (χ3v) is 2.72. The molecule has 90 valence electrons. The molecule has 2 aromatic heterocycles. The summed E-state index contributed by atoms with van der Waals surface area (Å²) in [4.78, 5) is 4.39. The molecule has 0 unspecified atom stereocenters. The molecule has 2 heterocycles. The van der Waals surface area contributed by atoms with Crippen LogP contribution in [-0.2, 0) is 0 Å². The Hall–Kier alpha value is -2.43. The van der Waals surface area contributed by atoms with E-state index >= 15 is 0 Å². The Kier molecular flexibility index (Phi) is 2.26. The molecule has 3 aromatic rings. The van der Waals surface area contributed by atoms with E-state index in [1.54, 1.807) is 22.8 Å². The van der Waals surface area contributed by atoms with Crippen molar-refractivity contribution in [2.75, 3.05) is 5.73 Å². The fraction of sp³-hybridized carbons (Fsp3) is 0.0769. The first kappa shape index (κ1) is 10.7. The molecule has 0 aliphatic heterocycles. The largest absolute Gasteiger partial charge is 0.397 e. The summed E-state index contributed by atoms with van der Waals surface area (Å²) in [5.41, 5.74) is 8.68. The van der Waals surface area contributed by atoms with Crippen LogP contribution in [0.3, 0.4) is 0 Å². The average Bonchev–Trinajstić information content (AvgIpc) is 2.73. The van der Waals surface area contributed by atoms with Crippen molar-refractivity contribution in [1.82, 2.24) is 14.6 Å². The maximum Gasteiger partial charge on any atom is 0.182 e. The molecular weight excluding hydrogens is 231 g/mol. The highest BCUT2D eigenvalue weighted by Gasteiger charge is 2.09. The second kappa shape index (κ2) is 3.80. The summed E-state index contributed by atoms with van der Waals surface area (Å²) >= 11 is 0. The van der Waals surface area contributed by atoms with Gasteiger partial charge in [-0.1, -0.05) is 12.1 Å². The minimum atomic E-state index is -0.303. The van der Waals surface area contributed by atoms with Gasteiger partial charge in [-0.05, 0) is 30.7 Å². The van der Waals surface area contributed by atoms with Gasteiger partial charge in [0.2, 0.25) is 0 Å². The first-order chi connectivity index (χ1) is 8.63. The molecule has 3 rings (SSSR count). The summed E-state index contributed by atoms with van der Waals surface area (Å²) in [5.74, 6) is 0.186. The zero-order valence-electron chi connectivity index (χ0n) is 9.76. The third kappa shape index (κ3) is 1.69. The predicted molar refractivity (Wildman–Crippen MR) is 67.5 cm³/mol. The lowest BCUT2D eigenvalue weighted by atomic mass is 10.2. The molecule has 1 aromatic carbocycles. The van der Waals surface area contributed by atoms with Crippen molar-refractivity contribution < 1.29 is 4.39 Å². The number of halogens is 1. The van der Waals surface area contributed by atoms with E-state index in [1.165, 1.54) is 12.1 Å². The number of fused-ring (bicyclic) bond motifs is 1. The van der Waals surface area contributed by atoms with E-state index in [9.17, 15) is 4.39 Å². The second-order valence-electron chi connectivity index (χ2n) is 4.17. The van der Waals surface area contributed by atoms with Crippen molar-refractivity contribution >= 4 is 11.3 Å². The molecular formula is C13H11FN4. The molecule has 0 fully saturated rings. The monoisotopic (exact) mass is 242 g/mol. The lowest BCUT2D eigenvalue weighted by molar-refractivity contribution is 0.628. The number of hydrogen-bond acceptors (Lipinski definition) is 3. The quantitative estimate of drug-likeness (QED) is 0.713. The molecule has 18 heavy (non-hydrogen) atoms. The Morgan fingerprint density at radius 2 is 2.11 bits per heavy atom. The number of nitrogens with two attached hydrogens (primary N) is 1. The van der Waals surface area contributed by atoms with Gasteiger partial charge in [-0.3, -0.25) is 0 Å². The lowest BCUT2D eigenvalue weighted by Crippen LogP contribution is -1.94. The number of rotatable bonds is 1. The van der Waals surface area contributed by atoms with E-state index in [0.29, 0.717) is 17.1 Å². The first-order valence-electron chi connectivity index (χ1n) is 5.52. The smallest absolute Gasteiger partial charge is 0.182 e. The molecule has 0 saturated carbocycles. The van der Waals surface area contributed by atoms with Crippen LogP contribution in [0.15, 0.2) is 36.5 Å². The van der Waals surface area contributed by atoms with Crippen LogP contribution in [0.25, 0.3) is 17.0 Å². The summed E-state index contributed by atoms with van der Waals surface area (Å²) in [6.07, 6.45) is 1.69. The highest BCUT2D eigenvalue weighted by atomic mass is 19.1. The SMILES string of the molecule is Cc1cc(N)cn2nc(-c3cccc(F)c3)nc12. The van der Waals surface area contributed by atoms with Gasteiger partial charge < -0.3 is 5.73 Å². The average molecular weight is 242 g/mol. The third-order valence-electron chi connectivity index (χ3n) is 2.72. The van der Waals surface area contributed by atoms with E-state index in [4.69, 9.17) is 5.73 Å². The molecule has 4 nitrogen and oxygen atoms in total. The highest BCUT2D eigenvalue weighted by molar-refractivity contribution is 5.61. The van der Waals surface area contributed by atoms with Gasteiger partial charge in [0.1, 0.15) is 5.82 Å². The summed E-state index contributed by atoms with van der Waals surface area (Å²) in [5, 5.41) is 4.30. The zero-order valence-corrected chi connectivity index (χ0v) is 9.76. The van der Waals surface area contributed by atoms with Crippen LogP contribution < -0.4 is 5.73 Å². The van der Waals surface area contributed by atoms with Crippen LogP contribution in [0, 0.1) is 12.7 Å². The van der Waals surface area contributed by atoms with Crippen LogP contribution in [-0.4, -0.2) is 14.6 Å². The van der Waals surface area contributed by atoms with E-state index in [0.717, 1.165) is 11.2 Å². The van der Waals surface area contributed by atoms with Crippen LogP contribution in [0.1, 0.15) is 5.56 Å². The first-order valence-corrected chi connectivity index (χ1v) is 5.52. The molecule has 2 N–H and O–H groups in total. The minimum Gasteiger partial charge on any atom is -0.397 e. The van der Waals surface area contributed by atoms with Crippen molar-refractivity contribution in [1.29, 1.82) is 0 Å². The fourth-order valence-electron chi connectivity index (χ4n) is 1.93. The number of nitrogen functional groups attached to an aromatic ring is 1. The van der Waals surface area contributed by atoms with E-state index in [1.807, 2.05) is 13.0 Å². The van der Waals surface area contributed by atoms with Gasteiger partial charge in [0, 0.05) is 5.56 Å². The molecule has 0 bridgehead atoms. The number of nitrogens with zero attached hydrogens (tertiary/aromatic N) is 3. The zero-order chi connectivity index (χ0) is 12.7. The highest BCUT2D eigenvalue weighted by Crippen LogP contribution is 2.19. The van der Waals surface area contributed by atoms with Gasteiger partial charge in [0.25, 0.3) is 0 Å². The van der Waals surface area contributed by atoms with Gasteiger partial charge in [0.15, 0.2) is 11.5 Å². The van der Waals surface area contributed by atoms with Crippen LogP contribution in [0.5, 0.6) is 0 Å². The Morgan fingerprint density at radius 3 is 2.89 bits per heavy atom. The normalized spacial score (nSPS) is 11.0. The van der Waals surface area contributed by atoms with Crippen molar-refractivity contribution in [3.05, 3.63) is 47.9 Å². The van der Waals surface area contributed by atoms with Gasteiger partial charge in [-0.2, -0.15) is 0 Å². The van der Waals surface area contributed by atoms with Crippen molar-refractivity contribution in [3.8, 4) is 11.4 Å². The van der Waals surface area contributed by atoms with Crippen LogP contribution in [0.2, 0.25) is 0 Å². The summed E-state index contributed by atoms with van der Waals surface area (Å²) in [6, 6.07) is 8.05. The number of aryl methyl sites for hydroxylation is 1. The summed E-state index contributed by atoms with van der Waals surface area (Å²) < 4.78 is 14.8. The second-order valence-corrected chi connectivity index (χ2v) is 4.17. The number of pyridine rings is 1. The van der Waals surface area contributed by atoms with Gasteiger partial charge >= 0.3 is 0 Å². The van der Waals surface area contributed by atoms with Gasteiger partial charge in [-0.25, -0.2) is 13.9 Å². The summed E-state index contributed by atoms with van der Waals surface area (Å²) in [7, 11) is 0. The standard InChI is InChI=1S/C13H11FN4/c1-8-5-11(15)7-18-13(8)16-12(17-18)9-3-2-4-10(14)6-9/h2-7H,15H2,1H3. The molecule has 0 aliphatic rings. The number of aromatic nitrogens is 3. The maximum absolute atomic E-state index is 13.2. The molecule has 0 saturated heterocycles. The minimum absolute atomic E-state index is 0.303. The van der Waals surface area contributed by atoms with E-state index in [2.05, 4.69) is 10.1 Å². The van der Waals surface area contributed by atoms with Crippen molar-refractivity contribution in [2.24, 2.45) is 0 Å². The summed E-state index contributed by atoms with van der Waals surface area (Å²) in [6.45, 7) is 1.91. The lowest BCUT2D eigenvalue weighted by Gasteiger charge is -1.97. The van der Waals surface area contributed by atoms with E-state index < -0.39 is 0 Å². The Bertz CT molecular complexity index is 733. The van der Waals surface area contributed by atoms with Crippen molar-refractivity contribution in [3.63, 3.8) is 0 Å². The Morgan fingerprint density at radius 1 is 1.28 bits per heavy atom. The molecule has 0 atom stereocenters. The van der Waals surface area contributed by atoms with E-state index in [-0.39, 0.29) is 5.82 Å². The van der Waals surface area contributed by atoms with Gasteiger partial charge in [-0.15, -0.1) is 5.10 Å². The topological polar surface area (TPSA) is 56.2 Å². The number of hydrogen-bond donors (Lipinski definition) is 1. The molecule has 0 spiro atoms. The molecule has 0 radical (unpaired) electrons. The Balaban J connectivity index is 2.22. The number of anilines is 1. The van der Waals surface area contributed by atoms with Crippen LogP contribution >= 0.6 is 0 Å². The molecule has 0 aliphatic carbocycles. The number of benzene rings is 1. The molecule has 5 heteroatoms. The van der Waals surface area contributed by atoms with Crippen LogP contribution in [0.4, 0.5) is 10.1 Å².